The van der Waals surface area contributed by atoms with E-state index in [0.717, 1.165) is 30.7 Å². The molecule has 0 fully saturated rings. The summed E-state index contributed by atoms with van der Waals surface area (Å²) in [5.74, 6) is 1.36. The van der Waals surface area contributed by atoms with Crippen LogP contribution in [0.2, 0.25) is 0 Å². The molecule has 1 aliphatic carbocycles. The Balaban J connectivity index is 1.62. The molecule has 2 aromatic heterocycles. The first-order valence-electron chi connectivity index (χ1n) is 12.7. The van der Waals surface area contributed by atoms with Gasteiger partial charge < -0.3 is 4.57 Å². The third-order valence-corrected chi connectivity index (χ3v) is 7.23. The maximum atomic E-state index is 4.76. The molecule has 2 heterocycles. The molecule has 0 saturated carbocycles. The SMILES string of the molecule is CCc1cc(-n2c3c(c4ccccc42)CCC=C3)cc(C(C)C)c1-n1ccnc1-c1ccccc1. The van der Waals surface area contributed by atoms with E-state index in [9.17, 15) is 0 Å². The van der Waals surface area contributed by atoms with Gasteiger partial charge in [-0.15, -0.1) is 0 Å². The zero-order valence-electron chi connectivity index (χ0n) is 20.7. The molecule has 0 radical (unpaired) electrons. The molecular formula is C32H31N3. The monoisotopic (exact) mass is 457 g/mol. The standard InChI is InChI=1S/C32H31N3/c1-4-23-20-25(35-29-16-10-8-14-26(29)27-15-9-11-17-30(27)35)21-28(22(2)3)31(23)34-19-18-33-32(34)24-12-6-5-7-13-24/h5-8,10-14,16-22H,4,9,15H2,1-3H3. The van der Waals surface area contributed by atoms with E-state index in [4.69, 9.17) is 4.98 Å². The summed E-state index contributed by atoms with van der Waals surface area (Å²) in [7, 11) is 0. The molecule has 0 bridgehead atoms. The number of benzene rings is 3. The third-order valence-electron chi connectivity index (χ3n) is 7.23. The Labute approximate surface area is 207 Å². The van der Waals surface area contributed by atoms with E-state index in [0.29, 0.717) is 5.92 Å². The molecule has 3 aromatic carbocycles. The highest BCUT2D eigenvalue weighted by Crippen LogP contribution is 2.38. The molecule has 5 aromatic rings. The minimum Gasteiger partial charge on any atom is -0.310 e. The number of para-hydroxylation sites is 1. The van der Waals surface area contributed by atoms with Gasteiger partial charge in [0, 0.05) is 34.7 Å². The van der Waals surface area contributed by atoms with Gasteiger partial charge in [-0.1, -0.05) is 75.4 Å². The van der Waals surface area contributed by atoms with Crippen LogP contribution in [0.4, 0.5) is 0 Å². The third kappa shape index (κ3) is 3.54. The lowest BCUT2D eigenvalue weighted by Gasteiger charge is -2.23. The summed E-state index contributed by atoms with van der Waals surface area (Å²) in [4.78, 5) is 4.76. The van der Waals surface area contributed by atoms with Crippen LogP contribution in [0.1, 0.15) is 55.5 Å². The topological polar surface area (TPSA) is 22.8 Å². The van der Waals surface area contributed by atoms with Crippen molar-refractivity contribution < 1.29 is 0 Å². The van der Waals surface area contributed by atoms with Gasteiger partial charge in [-0.05, 0) is 66.1 Å². The summed E-state index contributed by atoms with van der Waals surface area (Å²) in [5, 5.41) is 1.38. The molecule has 6 rings (SSSR count). The highest BCUT2D eigenvalue weighted by atomic mass is 15.1. The van der Waals surface area contributed by atoms with Crippen LogP contribution < -0.4 is 0 Å². The van der Waals surface area contributed by atoms with Crippen LogP contribution in [-0.4, -0.2) is 14.1 Å². The van der Waals surface area contributed by atoms with Crippen molar-refractivity contribution in [1.29, 1.82) is 0 Å². The highest BCUT2D eigenvalue weighted by molar-refractivity contribution is 5.90. The van der Waals surface area contributed by atoms with Gasteiger partial charge in [0.05, 0.1) is 11.2 Å². The average Bonchev–Trinajstić information content (AvgIpc) is 3.51. The molecular weight excluding hydrogens is 426 g/mol. The first kappa shape index (κ1) is 21.7. The van der Waals surface area contributed by atoms with Gasteiger partial charge in [0.1, 0.15) is 5.82 Å². The number of aryl methyl sites for hydroxylation is 2. The van der Waals surface area contributed by atoms with Crippen LogP contribution >= 0.6 is 0 Å². The number of hydrogen-bond acceptors (Lipinski definition) is 1. The van der Waals surface area contributed by atoms with Crippen LogP contribution in [0, 0.1) is 0 Å². The largest absolute Gasteiger partial charge is 0.310 e. The Morgan fingerprint density at radius 3 is 2.57 bits per heavy atom. The van der Waals surface area contributed by atoms with Crippen molar-refractivity contribution in [1.82, 2.24) is 14.1 Å². The molecule has 0 amide bonds. The van der Waals surface area contributed by atoms with E-state index in [1.54, 1.807) is 0 Å². The van der Waals surface area contributed by atoms with Crippen molar-refractivity contribution in [2.24, 2.45) is 0 Å². The summed E-state index contributed by atoms with van der Waals surface area (Å²) >= 11 is 0. The van der Waals surface area contributed by atoms with Crippen molar-refractivity contribution in [2.45, 2.75) is 46.0 Å². The lowest BCUT2D eigenvalue weighted by Crippen LogP contribution is -2.09. The molecule has 0 N–H and O–H groups in total. The second-order valence-electron chi connectivity index (χ2n) is 9.70. The van der Waals surface area contributed by atoms with Gasteiger partial charge >= 0.3 is 0 Å². The van der Waals surface area contributed by atoms with Gasteiger partial charge in [0.15, 0.2) is 0 Å². The van der Waals surface area contributed by atoms with E-state index in [2.05, 4.69) is 115 Å². The molecule has 1 aliphatic rings. The molecule has 0 unspecified atom stereocenters. The van der Waals surface area contributed by atoms with E-state index < -0.39 is 0 Å². The minimum absolute atomic E-state index is 0.370. The number of rotatable bonds is 5. The number of fused-ring (bicyclic) bond motifs is 3. The Bertz CT molecular complexity index is 1550. The predicted molar refractivity (Wildman–Crippen MR) is 147 cm³/mol. The highest BCUT2D eigenvalue weighted by Gasteiger charge is 2.22. The van der Waals surface area contributed by atoms with E-state index >= 15 is 0 Å². The van der Waals surface area contributed by atoms with Gasteiger partial charge in [-0.3, -0.25) is 4.57 Å². The number of hydrogen-bond donors (Lipinski definition) is 0. The van der Waals surface area contributed by atoms with Crippen LogP contribution in [0.25, 0.3) is 39.7 Å². The summed E-state index contributed by atoms with van der Waals surface area (Å²) in [5.41, 5.74) is 10.4. The molecule has 0 aliphatic heterocycles. The Kier molecular flexibility index (Phi) is 5.41. The number of nitrogens with zero attached hydrogens (tertiary/aromatic N) is 3. The van der Waals surface area contributed by atoms with Gasteiger partial charge in [-0.2, -0.15) is 0 Å². The second-order valence-corrected chi connectivity index (χ2v) is 9.70. The first-order chi connectivity index (χ1) is 17.2. The van der Waals surface area contributed by atoms with Crippen LogP contribution in [0.15, 0.2) is 85.2 Å². The second kappa shape index (κ2) is 8.74. The summed E-state index contributed by atoms with van der Waals surface area (Å²) in [6, 6.07) is 24.1. The Morgan fingerprint density at radius 1 is 0.971 bits per heavy atom. The summed E-state index contributed by atoms with van der Waals surface area (Å²) in [6.45, 7) is 6.85. The normalized spacial score (nSPS) is 13.0. The van der Waals surface area contributed by atoms with Crippen LogP contribution in [-0.2, 0) is 12.8 Å². The van der Waals surface area contributed by atoms with Gasteiger partial charge in [-0.25, -0.2) is 4.98 Å². The maximum absolute atomic E-state index is 4.76. The van der Waals surface area contributed by atoms with Gasteiger partial charge in [0.25, 0.3) is 0 Å². The summed E-state index contributed by atoms with van der Waals surface area (Å²) < 4.78 is 4.76. The fourth-order valence-electron chi connectivity index (χ4n) is 5.58. The Morgan fingerprint density at radius 2 is 1.77 bits per heavy atom. The lowest BCUT2D eigenvalue weighted by atomic mass is 9.94. The average molecular weight is 458 g/mol. The van der Waals surface area contributed by atoms with Crippen molar-refractivity contribution in [2.75, 3.05) is 0 Å². The van der Waals surface area contributed by atoms with Gasteiger partial charge in [0.2, 0.25) is 0 Å². The minimum atomic E-state index is 0.370. The lowest BCUT2D eigenvalue weighted by molar-refractivity contribution is 0.835. The Hall–Kier alpha value is -3.85. The molecule has 0 saturated heterocycles. The van der Waals surface area contributed by atoms with Crippen molar-refractivity contribution in [3.8, 4) is 22.8 Å². The summed E-state index contributed by atoms with van der Waals surface area (Å²) in [6.07, 6.45) is 11.8. The zero-order valence-corrected chi connectivity index (χ0v) is 20.7. The smallest absolute Gasteiger partial charge is 0.144 e. The number of allylic oxidation sites excluding steroid dienone is 1. The van der Waals surface area contributed by atoms with Crippen molar-refractivity contribution in [3.05, 3.63) is 108 Å². The van der Waals surface area contributed by atoms with Crippen LogP contribution in [0.3, 0.4) is 0 Å². The van der Waals surface area contributed by atoms with E-state index in [-0.39, 0.29) is 0 Å². The molecule has 3 nitrogen and oxygen atoms in total. The quantitative estimate of drug-likeness (QED) is 0.261. The van der Waals surface area contributed by atoms with Crippen molar-refractivity contribution in [3.63, 3.8) is 0 Å². The van der Waals surface area contributed by atoms with E-state index in [1.165, 1.54) is 44.7 Å². The number of aromatic nitrogens is 3. The fraction of sp³-hybridized carbons (Fsp3) is 0.219. The van der Waals surface area contributed by atoms with Crippen LogP contribution in [0.5, 0.6) is 0 Å². The molecule has 3 heteroatoms. The van der Waals surface area contributed by atoms with E-state index in [1.807, 2.05) is 6.20 Å². The number of imidazole rings is 1. The molecule has 0 spiro atoms. The predicted octanol–water partition coefficient (Wildman–Crippen LogP) is 8.13. The molecule has 0 atom stereocenters. The van der Waals surface area contributed by atoms with Crippen molar-refractivity contribution >= 4 is 17.0 Å². The zero-order chi connectivity index (χ0) is 23.9. The fourth-order valence-corrected chi connectivity index (χ4v) is 5.58. The maximum Gasteiger partial charge on any atom is 0.144 e. The molecule has 174 valence electrons. The first-order valence-corrected chi connectivity index (χ1v) is 12.7. The molecule has 35 heavy (non-hydrogen) atoms.